The number of methoxy groups -OCH3 is 1. The summed E-state index contributed by atoms with van der Waals surface area (Å²) in [5.74, 6) is 0.394. The Balaban J connectivity index is 1.98. The van der Waals surface area contributed by atoms with E-state index in [0.29, 0.717) is 17.1 Å². The Kier molecular flexibility index (Phi) is 5.46. The molecular formula is C17H16N2O4. The largest absolute Gasteiger partial charge is 0.497 e. The zero-order chi connectivity index (χ0) is 16.7. The Bertz CT molecular complexity index is 706. The summed E-state index contributed by atoms with van der Waals surface area (Å²) in [5.41, 5.74) is 3.51. The lowest BCUT2D eigenvalue weighted by Crippen LogP contribution is -2.12. The van der Waals surface area contributed by atoms with Gasteiger partial charge in [-0.05, 0) is 54.1 Å². The van der Waals surface area contributed by atoms with Crippen molar-refractivity contribution in [1.82, 2.24) is 5.43 Å². The molecule has 1 N–H and O–H groups in total. The minimum absolute atomic E-state index is 0.244. The first-order valence-corrected chi connectivity index (χ1v) is 6.84. The summed E-state index contributed by atoms with van der Waals surface area (Å²) in [6.07, 6.45) is 1.50. The Morgan fingerprint density at radius 3 is 2.17 bits per heavy atom. The molecule has 0 unspecified atom stereocenters. The van der Waals surface area contributed by atoms with Gasteiger partial charge >= 0.3 is 5.97 Å². The van der Waals surface area contributed by atoms with E-state index in [1.807, 2.05) is 0 Å². The van der Waals surface area contributed by atoms with Crippen molar-refractivity contribution in [2.75, 3.05) is 7.11 Å². The van der Waals surface area contributed by atoms with Gasteiger partial charge in [0, 0.05) is 6.92 Å². The van der Waals surface area contributed by atoms with Gasteiger partial charge in [-0.15, -0.1) is 0 Å². The molecule has 23 heavy (non-hydrogen) atoms. The Labute approximate surface area is 133 Å². The smallest absolute Gasteiger partial charge is 0.343 e. The van der Waals surface area contributed by atoms with E-state index < -0.39 is 5.97 Å². The van der Waals surface area contributed by atoms with Crippen molar-refractivity contribution < 1.29 is 19.1 Å². The van der Waals surface area contributed by atoms with E-state index in [1.165, 1.54) is 13.1 Å². The van der Waals surface area contributed by atoms with Crippen LogP contribution in [0.1, 0.15) is 22.8 Å². The third-order valence-corrected chi connectivity index (χ3v) is 2.85. The monoisotopic (exact) mass is 312 g/mol. The third-order valence-electron chi connectivity index (χ3n) is 2.85. The van der Waals surface area contributed by atoms with Gasteiger partial charge in [0.25, 0.3) is 0 Å². The van der Waals surface area contributed by atoms with Crippen LogP contribution in [0.3, 0.4) is 0 Å². The molecule has 0 aliphatic heterocycles. The Morgan fingerprint density at radius 2 is 1.61 bits per heavy atom. The number of amides is 1. The van der Waals surface area contributed by atoms with Crippen molar-refractivity contribution in [1.29, 1.82) is 0 Å². The van der Waals surface area contributed by atoms with E-state index in [9.17, 15) is 9.59 Å². The zero-order valence-corrected chi connectivity index (χ0v) is 12.8. The molecule has 0 saturated heterocycles. The number of nitrogens with one attached hydrogen (secondary N) is 1. The first-order valence-electron chi connectivity index (χ1n) is 6.84. The molecule has 2 aromatic rings. The van der Waals surface area contributed by atoms with E-state index in [4.69, 9.17) is 9.47 Å². The number of nitrogens with zero attached hydrogens (tertiary/aromatic N) is 1. The molecule has 118 valence electrons. The van der Waals surface area contributed by atoms with Gasteiger partial charge in [0.15, 0.2) is 0 Å². The fourth-order valence-electron chi connectivity index (χ4n) is 1.71. The maximum Gasteiger partial charge on any atom is 0.343 e. The lowest BCUT2D eigenvalue weighted by molar-refractivity contribution is -0.118. The highest BCUT2D eigenvalue weighted by Gasteiger charge is 2.08. The van der Waals surface area contributed by atoms with Crippen molar-refractivity contribution in [3.05, 3.63) is 59.7 Å². The number of hydrogen-bond acceptors (Lipinski definition) is 5. The number of carbonyl (C=O) groups is 2. The van der Waals surface area contributed by atoms with Crippen LogP contribution in [0.4, 0.5) is 0 Å². The molecule has 6 nitrogen and oxygen atoms in total. The number of benzene rings is 2. The van der Waals surface area contributed by atoms with E-state index in [2.05, 4.69) is 10.5 Å². The summed E-state index contributed by atoms with van der Waals surface area (Å²) in [4.78, 5) is 22.7. The van der Waals surface area contributed by atoms with E-state index in [1.54, 1.807) is 55.6 Å². The molecule has 1 amide bonds. The molecule has 0 saturated carbocycles. The summed E-state index contributed by atoms with van der Waals surface area (Å²) in [6, 6.07) is 13.4. The molecule has 0 heterocycles. The van der Waals surface area contributed by atoms with Crippen LogP contribution in [0.25, 0.3) is 0 Å². The molecule has 0 aliphatic carbocycles. The van der Waals surface area contributed by atoms with Crippen LogP contribution in [0, 0.1) is 0 Å². The number of carbonyl (C=O) groups excluding carboxylic acids is 2. The minimum Gasteiger partial charge on any atom is -0.497 e. The fourth-order valence-corrected chi connectivity index (χ4v) is 1.71. The molecule has 0 fully saturated rings. The van der Waals surface area contributed by atoms with Gasteiger partial charge in [0.05, 0.1) is 18.9 Å². The highest BCUT2D eigenvalue weighted by molar-refractivity contribution is 5.91. The lowest BCUT2D eigenvalue weighted by atomic mass is 10.2. The highest BCUT2D eigenvalue weighted by Crippen LogP contribution is 2.16. The molecular weight excluding hydrogens is 296 g/mol. The predicted molar refractivity (Wildman–Crippen MR) is 85.8 cm³/mol. The first kappa shape index (κ1) is 16.2. The molecule has 0 atom stereocenters. The first-order chi connectivity index (χ1) is 11.1. The van der Waals surface area contributed by atoms with Crippen molar-refractivity contribution in [2.24, 2.45) is 5.10 Å². The van der Waals surface area contributed by atoms with Crippen LogP contribution < -0.4 is 14.9 Å². The molecule has 0 radical (unpaired) electrons. The molecule has 0 spiro atoms. The van der Waals surface area contributed by atoms with Crippen LogP contribution in [-0.4, -0.2) is 25.2 Å². The van der Waals surface area contributed by atoms with Gasteiger partial charge in [-0.1, -0.05) is 0 Å². The van der Waals surface area contributed by atoms with E-state index in [0.717, 1.165) is 5.56 Å². The maximum absolute atomic E-state index is 12.0. The molecule has 0 aliphatic rings. The topological polar surface area (TPSA) is 77.0 Å². The number of rotatable bonds is 5. The summed E-state index contributed by atoms with van der Waals surface area (Å²) in [5, 5.41) is 3.75. The van der Waals surface area contributed by atoms with Gasteiger partial charge in [-0.25, -0.2) is 10.2 Å². The third kappa shape index (κ3) is 4.96. The van der Waals surface area contributed by atoms with Crippen molar-refractivity contribution in [3.8, 4) is 11.5 Å². The lowest BCUT2D eigenvalue weighted by Gasteiger charge is -2.05. The van der Waals surface area contributed by atoms with Gasteiger partial charge < -0.3 is 9.47 Å². The van der Waals surface area contributed by atoms with Gasteiger partial charge in [0.2, 0.25) is 5.91 Å². The number of hydrogen-bond donors (Lipinski definition) is 1. The molecule has 2 rings (SSSR count). The second kappa shape index (κ2) is 7.74. The summed E-state index contributed by atoms with van der Waals surface area (Å²) >= 11 is 0. The average molecular weight is 312 g/mol. The molecule has 0 bridgehead atoms. The second-order valence-corrected chi connectivity index (χ2v) is 4.61. The molecule has 0 aromatic heterocycles. The van der Waals surface area contributed by atoms with Crippen LogP contribution in [0.5, 0.6) is 11.5 Å². The van der Waals surface area contributed by atoms with Gasteiger partial charge in [0.1, 0.15) is 11.5 Å². The normalized spacial score (nSPS) is 10.3. The zero-order valence-electron chi connectivity index (χ0n) is 12.8. The fraction of sp³-hybridized carbons (Fsp3) is 0.118. The quantitative estimate of drug-likeness (QED) is 0.398. The molecule has 6 heteroatoms. The van der Waals surface area contributed by atoms with Gasteiger partial charge in [-0.2, -0.15) is 5.10 Å². The van der Waals surface area contributed by atoms with Gasteiger partial charge in [-0.3, -0.25) is 4.79 Å². The Morgan fingerprint density at radius 1 is 1.00 bits per heavy atom. The highest BCUT2D eigenvalue weighted by atomic mass is 16.5. The van der Waals surface area contributed by atoms with Crippen LogP contribution in [0.15, 0.2) is 53.6 Å². The molecule has 2 aromatic carbocycles. The van der Waals surface area contributed by atoms with Crippen LogP contribution in [-0.2, 0) is 4.79 Å². The summed E-state index contributed by atoms with van der Waals surface area (Å²) in [6.45, 7) is 1.37. The maximum atomic E-state index is 12.0. The summed E-state index contributed by atoms with van der Waals surface area (Å²) in [7, 11) is 1.56. The average Bonchev–Trinajstić information content (AvgIpc) is 2.56. The minimum atomic E-state index is -0.452. The van der Waals surface area contributed by atoms with Crippen LogP contribution >= 0.6 is 0 Å². The van der Waals surface area contributed by atoms with E-state index in [-0.39, 0.29) is 5.91 Å². The van der Waals surface area contributed by atoms with E-state index >= 15 is 0 Å². The predicted octanol–water partition coefficient (Wildman–Crippen LogP) is 2.38. The van der Waals surface area contributed by atoms with Crippen molar-refractivity contribution in [2.45, 2.75) is 6.92 Å². The standard InChI is InChI=1S/C17H16N2O4/c1-12(20)19-18-11-13-3-7-16(8-4-13)23-17(21)14-5-9-15(22-2)10-6-14/h3-11H,1-2H3,(H,19,20). The number of ether oxygens (including phenoxy) is 2. The SMILES string of the molecule is COc1ccc(C(=O)Oc2ccc(C=NNC(C)=O)cc2)cc1. The Hall–Kier alpha value is -3.15. The second-order valence-electron chi connectivity index (χ2n) is 4.61. The van der Waals surface area contributed by atoms with Crippen molar-refractivity contribution >= 4 is 18.1 Å². The van der Waals surface area contributed by atoms with Crippen LogP contribution in [0.2, 0.25) is 0 Å². The summed E-state index contributed by atoms with van der Waals surface area (Å²) < 4.78 is 10.3. The number of hydrazone groups is 1. The van der Waals surface area contributed by atoms with Crippen molar-refractivity contribution in [3.63, 3.8) is 0 Å². The number of esters is 1.